The van der Waals surface area contributed by atoms with Gasteiger partial charge in [0.05, 0.1) is 11.5 Å². The first-order valence-corrected chi connectivity index (χ1v) is 8.95. The minimum Gasteiger partial charge on any atom is -0.312 e. The predicted molar refractivity (Wildman–Crippen MR) is 69.0 cm³/mol. The summed E-state index contributed by atoms with van der Waals surface area (Å²) in [6.07, 6.45) is -1.17. The molecule has 0 bridgehead atoms. The summed E-state index contributed by atoms with van der Waals surface area (Å²) in [4.78, 5) is 0. The van der Waals surface area contributed by atoms with Crippen LogP contribution < -0.4 is 0 Å². The minimum absolute atomic E-state index is 0.345. The molecule has 110 valence electrons. The van der Waals surface area contributed by atoms with Crippen LogP contribution in [0.4, 0.5) is 0 Å². The second-order valence-electron chi connectivity index (χ2n) is 4.13. The molecule has 0 aromatic carbocycles. The molecule has 0 aliphatic heterocycles. The molecule has 0 amide bonds. The molecule has 18 heavy (non-hydrogen) atoms. The zero-order valence-corrected chi connectivity index (χ0v) is 13.0. The average molecular weight is 302 g/mol. The molecule has 1 atom stereocenters. The Hall–Kier alpha value is -0.220. The highest BCUT2D eigenvalue weighted by Gasteiger charge is 2.39. The number of hydrogen-bond donors (Lipinski definition) is 1. The van der Waals surface area contributed by atoms with Crippen molar-refractivity contribution in [3.8, 4) is 0 Å². The van der Waals surface area contributed by atoms with Crippen molar-refractivity contribution in [2.24, 2.45) is 0 Å². The molecule has 0 aliphatic rings. The monoisotopic (exact) mass is 302 g/mol. The normalized spacial score (nSPS) is 15.6. The fourth-order valence-electron chi connectivity index (χ4n) is 1.42. The van der Waals surface area contributed by atoms with E-state index in [1.54, 1.807) is 13.8 Å². The second kappa shape index (κ2) is 6.29. The van der Waals surface area contributed by atoms with Crippen LogP contribution in [-0.4, -0.2) is 54.5 Å². The summed E-state index contributed by atoms with van der Waals surface area (Å²) in [6.45, 7) is 7.31. The summed E-state index contributed by atoms with van der Waals surface area (Å²) >= 11 is 0. The van der Waals surface area contributed by atoms with Gasteiger partial charge in [-0.2, -0.15) is 5.06 Å². The molecule has 0 rings (SSSR count). The maximum atomic E-state index is 11.9. The lowest BCUT2D eigenvalue weighted by Crippen LogP contribution is -2.53. The van der Waals surface area contributed by atoms with E-state index >= 15 is 0 Å². The van der Waals surface area contributed by atoms with E-state index in [-0.39, 0.29) is 11.5 Å². The Bertz CT molecular complexity index is 423. The van der Waals surface area contributed by atoms with E-state index < -0.39 is 32.3 Å². The maximum Gasteiger partial charge on any atom is 0.228 e. The summed E-state index contributed by atoms with van der Waals surface area (Å²) in [5.41, 5.74) is 0. The third-order valence-corrected chi connectivity index (χ3v) is 7.02. The molecule has 9 heteroatoms. The van der Waals surface area contributed by atoms with E-state index in [2.05, 4.69) is 0 Å². The van der Waals surface area contributed by atoms with Crippen LogP contribution in [-0.2, 0) is 20.0 Å². The molecule has 1 N–H and O–H groups in total. The zero-order valence-electron chi connectivity index (χ0n) is 11.4. The SMILES string of the molecule is CCS(=O)(=O)N(C(C)N(O)C(C)C)S(=O)(=O)CC. The molecule has 0 fully saturated rings. The van der Waals surface area contributed by atoms with Gasteiger partial charge < -0.3 is 5.21 Å². The third-order valence-electron chi connectivity index (χ3n) is 2.49. The van der Waals surface area contributed by atoms with Crippen molar-refractivity contribution in [2.45, 2.75) is 46.8 Å². The molecule has 0 radical (unpaired) electrons. The maximum absolute atomic E-state index is 11.9. The number of hydroxylamine groups is 2. The van der Waals surface area contributed by atoms with Crippen LogP contribution in [0, 0.1) is 0 Å². The van der Waals surface area contributed by atoms with Crippen molar-refractivity contribution in [2.75, 3.05) is 11.5 Å². The van der Waals surface area contributed by atoms with Crippen molar-refractivity contribution in [3.63, 3.8) is 0 Å². The number of nitrogens with zero attached hydrogens (tertiary/aromatic N) is 2. The fourth-order valence-corrected chi connectivity index (χ4v) is 5.07. The molecule has 0 saturated carbocycles. The van der Waals surface area contributed by atoms with Crippen LogP contribution in [0.2, 0.25) is 0 Å². The Kier molecular flexibility index (Phi) is 6.21. The Balaban J connectivity index is 5.67. The number of rotatable bonds is 7. The molecule has 0 aromatic heterocycles. The van der Waals surface area contributed by atoms with Crippen molar-refractivity contribution in [1.82, 2.24) is 8.77 Å². The standard InChI is InChI=1S/C9H22N2O5S2/c1-6-17(13,14)11(18(15,16)7-2)9(5)10(12)8(3)4/h8-9,12H,6-7H2,1-5H3. The summed E-state index contributed by atoms with van der Waals surface area (Å²) < 4.78 is 47.9. The van der Waals surface area contributed by atoms with Gasteiger partial charge in [-0.25, -0.2) is 16.8 Å². The average Bonchev–Trinajstić information content (AvgIpc) is 2.27. The minimum atomic E-state index is -3.96. The first-order valence-electron chi connectivity index (χ1n) is 5.73. The van der Waals surface area contributed by atoms with Gasteiger partial charge in [-0.15, -0.1) is 0 Å². The highest BCUT2D eigenvalue weighted by molar-refractivity contribution is 8.04. The lowest BCUT2D eigenvalue weighted by atomic mass is 10.4. The molecular formula is C9H22N2O5S2. The van der Waals surface area contributed by atoms with Crippen molar-refractivity contribution >= 4 is 20.0 Å². The van der Waals surface area contributed by atoms with Gasteiger partial charge in [0.2, 0.25) is 20.0 Å². The Morgan fingerprint density at radius 3 is 1.50 bits per heavy atom. The van der Waals surface area contributed by atoms with E-state index in [1.165, 1.54) is 20.8 Å². The van der Waals surface area contributed by atoms with E-state index in [0.29, 0.717) is 8.77 Å². The Morgan fingerprint density at radius 1 is 0.944 bits per heavy atom. The van der Waals surface area contributed by atoms with E-state index in [4.69, 9.17) is 0 Å². The first-order chi connectivity index (χ1) is 8.01. The van der Waals surface area contributed by atoms with Crippen molar-refractivity contribution < 1.29 is 22.0 Å². The molecule has 0 heterocycles. The third kappa shape index (κ3) is 3.89. The van der Waals surface area contributed by atoms with Crippen molar-refractivity contribution in [1.29, 1.82) is 0 Å². The molecule has 0 aliphatic carbocycles. The Morgan fingerprint density at radius 2 is 1.28 bits per heavy atom. The van der Waals surface area contributed by atoms with Gasteiger partial charge in [-0.1, -0.05) is 3.71 Å². The largest absolute Gasteiger partial charge is 0.312 e. The van der Waals surface area contributed by atoms with Gasteiger partial charge >= 0.3 is 0 Å². The van der Waals surface area contributed by atoms with Crippen LogP contribution in [0.5, 0.6) is 0 Å². The van der Waals surface area contributed by atoms with Crippen molar-refractivity contribution in [3.05, 3.63) is 0 Å². The highest BCUT2D eigenvalue weighted by atomic mass is 32.3. The smallest absolute Gasteiger partial charge is 0.228 e. The number of sulfonamides is 2. The lowest BCUT2D eigenvalue weighted by Gasteiger charge is -2.33. The number of hydrogen-bond acceptors (Lipinski definition) is 6. The topological polar surface area (TPSA) is 95.0 Å². The summed E-state index contributed by atoms with van der Waals surface area (Å²) in [7, 11) is -7.93. The van der Waals surface area contributed by atoms with E-state index in [9.17, 15) is 22.0 Å². The van der Waals surface area contributed by atoms with Gasteiger partial charge in [0.1, 0.15) is 6.17 Å². The highest BCUT2D eigenvalue weighted by Crippen LogP contribution is 2.18. The second-order valence-corrected chi connectivity index (χ2v) is 8.63. The van der Waals surface area contributed by atoms with E-state index in [0.717, 1.165) is 0 Å². The summed E-state index contributed by atoms with van der Waals surface area (Å²) in [5.74, 6) is -0.689. The van der Waals surface area contributed by atoms with Crippen LogP contribution >= 0.6 is 0 Å². The Labute approximate surface area is 109 Å². The van der Waals surface area contributed by atoms with Crippen LogP contribution in [0.3, 0.4) is 0 Å². The molecule has 0 saturated heterocycles. The van der Waals surface area contributed by atoms with Crippen LogP contribution in [0.15, 0.2) is 0 Å². The predicted octanol–water partition coefficient (Wildman–Crippen LogP) is 0.433. The molecule has 0 spiro atoms. The summed E-state index contributed by atoms with van der Waals surface area (Å²) in [5, 5.41) is 10.5. The summed E-state index contributed by atoms with van der Waals surface area (Å²) in [6, 6.07) is -0.401. The lowest BCUT2D eigenvalue weighted by molar-refractivity contribution is -0.162. The molecular weight excluding hydrogens is 280 g/mol. The van der Waals surface area contributed by atoms with Gasteiger partial charge in [0.25, 0.3) is 0 Å². The molecule has 1 unspecified atom stereocenters. The molecule has 0 aromatic rings. The zero-order chi connectivity index (χ0) is 14.7. The van der Waals surface area contributed by atoms with Crippen LogP contribution in [0.25, 0.3) is 0 Å². The first kappa shape index (κ1) is 17.8. The fraction of sp³-hybridized carbons (Fsp3) is 1.00. The van der Waals surface area contributed by atoms with Gasteiger partial charge in [0, 0.05) is 6.04 Å². The quantitative estimate of drug-likeness (QED) is 0.541. The molecule has 7 nitrogen and oxygen atoms in total. The van der Waals surface area contributed by atoms with Gasteiger partial charge in [-0.05, 0) is 34.6 Å². The van der Waals surface area contributed by atoms with Gasteiger partial charge in [-0.3, -0.25) is 0 Å². The van der Waals surface area contributed by atoms with Crippen LogP contribution in [0.1, 0.15) is 34.6 Å². The van der Waals surface area contributed by atoms with E-state index in [1.807, 2.05) is 0 Å². The van der Waals surface area contributed by atoms with Gasteiger partial charge in [0.15, 0.2) is 0 Å².